The van der Waals surface area contributed by atoms with E-state index in [9.17, 15) is 9.90 Å². The van der Waals surface area contributed by atoms with Crippen LogP contribution in [0.3, 0.4) is 0 Å². The van der Waals surface area contributed by atoms with E-state index in [4.69, 9.17) is 28.9 Å². The van der Waals surface area contributed by atoms with Crippen molar-refractivity contribution in [2.24, 2.45) is 0 Å². The highest BCUT2D eigenvalue weighted by atomic mass is 35.5. The van der Waals surface area contributed by atoms with Gasteiger partial charge in [0.05, 0.1) is 33.8 Å². The Bertz CT molecular complexity index is 1410. The number of para-hydroxylation sites is 1. The molecule has 4 aromatic rings. The van der Waals surface area contributed by atoms with Crippen LogP contribution in [0.1, 0.15) is 12.8 Å². The van der Waals surface area contributed by atoms with E-state index in [1.54, 1.807) is 18.2 Å². The van der Waals surface area contributed by atoms with Crippen molar-refractivity contribution >= 4 is 57.4 Å². The number of hydrogen-bond donors (Lipinski definition) is 3. The summed E-state index contributed by atoms with van der Waals surface area (Å²) in [5.41, 5.74) is 7.85. The fraction of sp³-hybridized carbons (Fsp3) is 0.217. The second kappa shape index (κ2) is 9.09. The third-order valence-electron chi connectivity index (χ3n) is 5.88. The Morgan fingerprint density at radius 3 is 2.56 bits per heavy atom. The molecule has 1 atom stereocenters. The molecular formula is C23H21Cl2N7O2. The molecular weight excluding hydrogens is 477 g/mol. The average molecular weight is 498 g/mol. The van der Waals surface area contributed by atoms with Gasteiger partial charge in [0, 0.05) is 24.1 Å². The third-order valence-corrected chi connectivity index (χ3v) is 6.49. The van der Waals surface area contributed by atoms with Crippen LogP contribution < -0.4 is 21.6 Å². The molecule has 0 saturated carbocycles. The standard InChI is InChI=1S/C23H21Cl2N7O2/c24-17-4-1-5-18(25)19(17)32-20(26)16-11-27-22(29-21(16)30-23(32)34)28-13-6-8-14(9-7-13)31-10-2-3-15(31)12-33/h1,4-9,11,15,33H,2-3,10,12,26H2,(H,28,29,30,34)/t15-/m0/s1. The van der Waals surface area contributed by atoms with Gasteiger partial charge in [0.25, 0.3) is 0 Å². The number of fused-ring (bicyclic) bond motifs is 1. The first-order valence-corrected chi connectivity index (χ1v) is 11.5. The first-order chi connectivity index (χ1) is 16.5. The molecule has 0 radical (unpaired) electrons. The van der Waals surface area contributed by atoms with Crippen LogP contribution in [0.2, 0.25) is 10.0 Å². The van der Waals surface area contributed by atoms with Crippen LogP contribution in [0.4, 0.5) is 23.1 Å². The summed E-state index contributed by atoms with van der Waals surface area (Å²) in [6.45, 7) is 1.07. The van der Waals surface area contributed by atoms with Crippen molar-refractivity contribution in [3.63, 3.8) is 0 Å². The van der Waals surface area contributed by atoms with Crippen molar-refractivity contribution in [3.05, 3.63) is 69.2 Å². The zero-order valence-electron chi connectivity index (χ0n) is 17.9. The normalized spacial score (nSPS) is 15.7. The van der Waals surface area contributed by atoms with E-state index >= 15 is 0 Å². The minimum Gasteiger partial charge on any atom is -0.394 e. The van der Waals surface area contributed by atoms with Gasteiger partial charge in [0.1, 0.15) is 5.82 Å². The van der Waals surface area contributed by atoms with Crippen molar-refractivity contribution < 1.29 is 5.11 Å². The van der Waals surface area contributed by atoms with Crippen LogP contribution in [0.5, 0.6) is 0 Å². The molecule has 9 nitrogen and oxygen atoms in total. The van der Waals surface area contributed by atoms with Crippen LogP contribution in [0, 0.1) is 0 Å². The van der Waals surface area contributed by atoms with Crippen molar-refractivity contribution in [1.82, 2.24) is 19.5 Å². The predicted octanol–water partition coefficient (Wildman–Crippen LogP) is 3.77. The second-order valence-corrected chi connectivity index (χ2v) is 8.77. The smallest absolute Gasteiger partial charge is 0.355 e. The highest BCUT2D eigenvalue weighted by Crippen LogP contribution is 2.31. The Morgan fingerprint density at radius 2 is 1.85 bits per heavy atom. The number of aromatic nitrogens is 4. The number of nitrogens with two attached hydrogens (primary N) is 1. The zero-order chi connectivity index (χ0) is 23.8. The number of hydrogen-bond acceptors (Lipinski definition) is 8. The van der Waals surface area contributed by atoms with Crippen molar-refractivity contribution in [3.8, 4) is 5.69 Å². The number of anilines is 4. The molecule has 0 amide bonds. The molecule has 2 aromatic carbocycles. The highest BCUT2D eigenvalue weighted by Gasteiger charge is 2.23. The van der Waals surface area contributed by atoms with Gasteiger partial charge in [-0.15, -0.1) is 0 Å². The monoisotopic (exact) mass is 497 g/mol. The summed E-state index contributed by atoms with van der Waals surface area (Å²) in [4.78, 5) is 27.8. The second-order valence-electron chi connectivity index (χ2n) is 7.96. The van der Waals surface area contributed by atoms with E-state index in [1.807, 2.05) is 24.3 Å². The van der Waals surface area contributed by atoms with Crippen LogP contribution in [-0.2, 0) is 0 Å². The summed E-state index contributed by atoms with van der Waals surface area (Å²) in [5.74, 6) is 0.361. The van der Waals surface area contributed by atoms with E-state index < -0.39 is 5.69 Å². The summed E-state index contributed by atoms with van der Waals surface area (Å²) in [6.07, 6.45) is 3.55. The lowest BCUT2D eigenvalue weighted by Crippen LogP contribution is -2.31. The van der Waals surface area contributed by atoms with E-state index in [0.717, 1.165) is 35.3 Å². The van der Waals surface area contributed by atoms with Crippen molar-refractivity contribution in [1.29, 1.82) is 0 Å². The minimum absolute atomic E-state index is 0.0879. The molecule has 0 bridgehead atoms. The molecule has 1 fully saturated rings. The average Bonchev–Trinajstić information content (AvgIpc) is 3.30. The van der Waals surface area contributed by atoms with Crippen LogP contribution in [-0.4, -0.2) is 43.8 Å². The molecule has 4 N–H and O–H groups in total. The van der Waals surface area contributed by atoms with Gasteiger partial charge in [-0.05, 0) is 49.2 Å². The maximum atomic E-state index is 12.8. The Morgan fingerprint density at radius 1 is 1.12 bits per heavy atom. The van der Waals surface area contributed by atoms with Gasteiger partial charge in [-0.3, -0.25) is 0 Å². The number of aliphatic hydroxyl groups excluding tert-OH is 1. The Labute approximate surface area is 204 Å². The summed E-state index contributed by atoms with van der Waals surface area (Å²) >= 11 is 12.5. The van der Waals surface area contributed by atoms with Crippen molar-refractivity contribution in [2.75, 3.05) is 29.1 Å². The molecule has 174 valence electrons. The Kier molecular flexibility index (Phi) is 5.99. The minimum atomic E-state index is -0.655. The molecule has 1 aliphatic rings. The van der Waals surface area contributed by atoms with E-state index in [1.165, 1.54) is 6.20 Å². The van der Waals surface area contributed by atoms with E-state index in [0.29, 0.717) is 5.39 Å². The van der Waals surface area contributed by atoms with Crippen LogP contribution >= 0.6 is 23.2 Å². The molecule has 5 rings (SSSR count). The molecule has 0 unspecified atom stereocenters. The topological polar surface area (TPSA) is 122 Å². The first kappa shape index (κ1) is 22.4. The maximum Gasteiger partial charge on any atom is 0.355 e. The molecule has 11 heteroatoms. The quantitative estimate of drug-likeness (QED) is 0.380. The number of nitrogens with zero attached hydrogens (tertiary/aromatic N) is 5. The summed E-state index contributed by atoms with van der Waals surface area (Å²) < 4.78 is 1.15. The molecule has 2 aromatic heterocycles. The lowest BCUT2D eigenvalue weighted by Gasteiger charge is -2.25. The first-order valence-electron chi connectivity index (χ1n) is 10.7. The summed E-state index contributed by atoms with van der Waals surface area (Å²) in [7, 11) is 0. The molecule has 3 heterocycles. The lowest BCUT2D eigenvalue weighted by molar-refractivity contribution is 0.266. The number of nitrogens with one attached hydrogen (secondary N) is 1. The van der Waals surface area contributed by atoms with Crippen LogP contribution in [0.25, 0.3) is 16.7 Å². The molecule has 0 spiro atoms. The van der Waals surface area contributed by atoms with Crippen LogP contribution in [0.15, 0.2) is 53.5 Å². The highest BCUT2D eigenvalue weighted by molar-refractivity contribution is 6.37. The van der Waals surface area contributed by atoms with Gasteiger partial charge < -0.3 is 21.1 Å². The van der Waals surface area contributed by atoms with Gasteiger partial charge in [0.2, 0.25) is 5.95 Å². The van der Waals surface area contributed by atoms with Gasteiger partial charge in [-0.25, -0.2) is 14.3 Å². The number of nitrogen functional groups attached to an aromatic ring is 1. The molecule has 1 saturated heterocycles. The fourth-order valence-corrected chi connectivity index (χ4v) is 4.78. The predicted molar refractivity (Wildman–Crippen MR) is 135 cm³/mol. The number of halogens is 2. The third kappa shape index (κ3) is 4.02. The van der Waals surface area contributed by atoms with E-state index in [2.05, 4.69) is 25.2 Å². The van der Waals surface area contributed by atoms with E-state index in [-0.39, 0.29) is 45.8 Å². The summed E-state index contributed by atoms with van der Waals surface area (Å²) in [5, 5.41) is 13.6. The Balaban J connectivity index is 1.44. The Hall–Kier alpha value is -3.40. The number of aliphatic hydroxyl groups is 1. The van der Waals surface area contributed by atoms with Gasteiger partial charge >= 0.3 is 5.69 Å². The van der Waals surface area contributed by atoms with Gasteiger partial charge in [0.15, 0.2) is 5.65 Å². The molecule has 34 heavy (non-hydrogen) atoms. The number of benzene rings is 2. The maximum absolute atomic E-state index is 12.8. The number of rotatable bonds is 5. The van der Waals surface area contributed by atoms with Gasteiger partial charge in [-0.2, -0.15) is 9.97 Å². The van der Waals surface area contributed by atoms with Crippen molar-refractivity contribution in [2.45, 2.75) is 18.9 Å². The molecule has 1 aliphatic heterocycles. The fourth-order valence-electron chi connectivity index (χ4n) is 4.21. The largest absolute Gasteiger partial charge is 0.394 e. The van der Waals surface area contributed by atoms with Gasteiger partial charge in [-0.1, -0.05) is 29.3 Å². The summed E-state index contributed by atoms with van der Waals surface area (Å²) in [6, 6.07) is 12.8. The molecule has 0 aliphatic carbocycles. The zero-order valence-corrected chi connectivity index (χ0v) is 19.5. The lowest BCUT2D eigenvalue weighted by atomic mass is 10.2. The SMILES string of the molecule is Nc1c2cnc(Nc3ccc(N4CCC[C@H]4CO)cc3)nc2nc(=O)n1-c1c(Cl)cccc1Cl.